The Hall–Kier alpha value is -1.02. The molecule has 0 aliphatic carbocycles. The van der Waals surface area contributed by atoms with Gasteiger partial charge in [0.25, 0.3) is 0 Å². The molecule has 0 bridgehead atoms. The summed E-state index contributed by atoms with van der Waals surface area (Å²) < 4.78 is 0. The summed E-state index contributed by atoms with van der Waals surface area (Å²) >= 11 is 0. The van der Waals surface area contributed by atoms with Crippen molar-refractivity contribution < 1.29 is 0 Å². The van der Waals surface area contributed by atoms with Gasteiger partial charge in [-0.2, -0.15) is 0 Å². The monoisotopic (exact) mass is 274 g/mol. The van der Waals surface area contributed by atoms with Crippen molar-refractivity contribution in [2.75, 3.05) is 18.0 Å². The molecule has 1 aromatic carbocycles. The van der Waals surface area contributed by atoms with Gasteiger partial charge < -0.3 is 10.2 Å². The number of nitrogens with zero attached hydrogens (tertiary/aromatic N) is 1. The van der Waals surface area contributed by atoms with E-state index in [1.807, 2.05) is 0 Å². The van der Waals surface area contributed by atoms with Crippen LogP contribution in [0.15, 0.2) is 24.3 Å². The second-order valence-corrected chi connectivity index (χ2v) is 6.54. The standard InChI is InChI=1S/C18H30N2/c1-5-7-8-16-9-11-17(12-10-16)20-14-18(4,6-2)19-13-15(20)3/h9-12,15,19H,5-8,13-14H2,1-4H3. The van der Waals surface area contributed by atoms with Crippen molar-refractivity contribution in [3.63, 3.8) is 0 Å². The highest BCUT2D eigenvalue weighted by Gasteiger charge is 2.32. The van der Waals surface area contributed by atoms with Crippen molar-refractivity contribution in [1.29, 1.82) is 0 Å². The zero-order chi connectivity index (χ0) is 14.6. The molecule has 1 aliphatic heterocycles. The van der Waals surface area contributed by atoms with Crippen molar-refractivity contribution in [2.24, 2.45) is 0 Å². The average molecular weight is 274 g/mol. The minimum absolute atomic E-state index is 0.243. The fourth-order valence-corrected chi connectivity index (χ4v) is 2.91. The van der Waals surface area contributed by atoms with E-state index in [1.165, 1.54) is 36.9 Å². The third kappa shape index (κ3) is 3.54. The Morgan fingerprint density at radius 1 is 1.25 bits per heavy atom. The first kappa shape index (κ1) is 15.4. The highest BCUT2D eigenvalue weighted by molar-refractivity contribution is 5.49. The van der Waals surface area contributed by atoms with E-state index in [9.17, 15) is 0 Å². The molecule has 2 heteroatoms. The molecule has 1 saturated heterocycles. The Balaban J connectivity index is 2.09. The predicted octanol–water partition coefficient (Wildman–Crippen LogP) is 4.00. The van der Waals surface area contributed by atoms with Gasteiger partial charge in [0.15, 0.2) is 0 Å². The largest absolute Gasteiger partial charge is 0.366 e. The first-order valence-corrected chi connectivity index (χ1v) is 8.18. The Labute approximate surface area is 124 Å². The van der Waals surface area contributed by atoms with Crippen LogP contribution in [0.3, 0.4) is 0 Å². The second-order valence-electron chi connectivity index (χ2n) is 6.54. The second kappa shape index (κ2) is 6.62. The molecule has 1 aromatic rings. The van der Waals surface area contributed by atoms with Gasteiger partial charge in [-0.3, -0.25) is 0 Å². The van der Waals surface area contributed by atoms with Crippen LogP contribution in [0.5, 0.6) is 0 Å². The van der Waals surface area contributed by atoms with Gasteiger partial charge in [0.05, 0.1) is 0 Å². The molecule has 2 atom stereocenters. The first-order valence-electron chi connectivity index (χ1n) is 8.18. The van der Waals surface area contributed by atoms with Crippen LogP contribution in [0.4, 0.5) is 5.69 Å². The number of aryl methyl sites for hydroxylation is 1. The molecule has 1 N–H and O–H groups in total. The average Bonchev–Trinajstić information content (AvgIpc) is 2.48. The highest BCUT2D eigenvalue weighted by atomic mass is 15.2. The van der Waals surface area contributed by atoms with Gasteiger partial charge in [0, 0.05) is 30.4 Å². The van der Waals surface area contributed by atoms with Gasteiger partial charge >= 0.3 is 0 Å². The summed E-state index contributed by atoms with van der Waals surface area (Å²) in [7, 11) is 0. The summed E-state index contributed by atoms with van der Waals surface area (Å²) in [6.07, 6.45) is 4.94. The molecule has 0 amide bonds. The highest BCUT2D eigenvalue weighted by Crippen LogP contribution is 2.25. The summed E-state index contributed by atoms with van der Waals surface area (Å²) in [6.45, 7) is 11.3. The number of anilines is 1. The van der Waals surface area contributed by atoms with E-state index in [0.717, 1.165) is 13.1 Å². The van der Waals surface area contributed by atoms with E-state index in [0.29, 0.717) is 6.04 Å². The quantitative estimate of drug-likeness (QED) is 0.873. The zero-order valence-corrected chi connectivity index (χ0v) is 13.6. The van der Waals surface area contributed by atoms with Gasteiger partial charge in [0.2, 0.25) is 0 Å². The summed E-state index contributed by atoms with van der Waals surface area (Å²) in [5.41, 5.74) is 3.09. The normalized spacial score (nSPS) is 26.8. The maximum atomic E-state index is 3.69. The number of hydrogen-bond donors (Lipinski definition) is 1. The van der Waals surface area contributed by atoms with E-state index in [2.05, 4.69) is 62.2 Å². The van der Waals surface area contributed by atoms with Crippen LogP contribution < -0.4 is 10.2 Å². The third-order valence-electron chi connectivity index (χ3n) is 4.74. The first-order chi connectivity index (χ1) is 9.58. The predicted molar refractivity (Wildman–Crippen MR) is 88.6 cm³/mol. The van der Waals surface area contributed by atoms with E-state index in [-0.39, 0.29) is 5.54 Å². The molecule has 2 nitrogen and oxygen atoms in total. The molecule has 2 rings (SSSR count). The molecule has 0 radical (unpaired) electrons. The molecule has 112 valence electrons. The molecule has 1 fully saturated rings. The number of nitrogens with one attached hydrogen (secondary N) is 1. The number of unbranched alkanes of at least 4 members (excludes halogenated alkanes) is 1. The third-order valence-corrected chi connectivity index (χ3v) is 4.74. The van der Waals surface area contributed by atoms with Crippen LogP contribution in [-0.4, -0.2) is 24.7 Å². The maximum Gasteiger partial charge on any atom is 0.0387 e. The molecular weight excluding hydrogens is 244 g/mol. The van der Waals surface area contributed by atoms with Gasteiger partial charge in [-0.25, -0.2) is 0 Å². The molecule has 2 unspecified atom stereocenters. The summed E-state index contributed by atoms with van der Waals surface area (Å²) in [5, 5.41) is 3.69. The summed E-state index contributed by atoms with van der Waals surface area (Å²) in [6, 6.07) is 9.80. The Morgan fingerprint density at radius 2 is 1.95 bits per heavy atom. The van der Waals surface area contributed by atoms with Gasteiger partial charge in [0.1, 0.15) is 0 Å². The fourth-order valence-electron chi connectivity index (χ4n) is 2.91. The number of rotatable bonds is 5. The zero-order valence-electron chi connectivity index (χ0n) is 13.6. The van der Waals surface area contributed by atoms with Crippen LogP contribution in [0.25, 0.3) is 0 Å². The van der Waals surface area contributed by atoms with Crippen LogP contribution in [0.2, 0.25) is 0 Å². The van der Waals surface area contributed by atoms with Crippen LogP contribution in [0, 0.1) is 0 Å². The van der Waals surface area contributed by atoms with Gasteiger partial charge in [-0.15, -0.1) is 0 Å². The molecule has 0 saturated carbocycles. The molecule has 20 heavy (non-hydrogen) atoms. The van der Waals surface area contributed by atoms with Crippen molar-refractivity contribution in [1.82, 2.24) is 5.32 Å². The summed E-state index contributed by atoms with van der Waals surface area (Å²) in [4.78, 5) is 2.56. The fraction of sp³-hybridized carbons (Fsp3) is 0.667. The Kier molecular flexibility index (Phi) is 5.09. The minimum Gasteiger partial charge on any atom is -0.366 e. The van der Waals surface area contributed by atoms with Crippen LogP contribution in [0.1, 0.15) is 52.5 Å². The molecular formula is C18H30N2. The topological polar surface area (TPSA) is 15.3 Å². The van der Waals surface area contributed by atoms with Crippen molar-refractivity contribution >= 4 is 5.69 Å². The lowest BCUT2D eigenvalue weighted by Gasteiger charge is -2.46. The molecule has 0 aromatic heterocycles. The van der Waals surface area contributed by atoms with Crippen molar-refractivity contribution in [2.45, 2.75) is 65.0 Å². The lowest BCUT2D eigenvalue weighted by atomic mass is 9.93. The molecule has 1 aliphatic rings. The molecule has 1 heterocycles. The Bertz CT molecular complexity index is 412. The summed E-state index contributed by atoms with van der Waals surface area (Å²) in [5.74, 6) is 0. The van der Waals surface area contributed by atoms with Crippen molar-refractivity contribution in [3.8, 4) is 0 Å². The lowest BCUT2D eigenvalue weighted by Crippen LogP contribution is -2.62. The Morgan fingerprint density at radius 3 is 2.55 bits per heavy atom. The number of benzene rings is 1. The molecule has 0 spiro atoms. The van der Waals surface area contributed by atoms with Crippen LogP contribution in [-0.2, 0) is 6.42 Å². The van der Waals surface area contributed by atoms with Crippen LogP contribution >= 0.6 is 0 Å². The lowest BCUT2D eigenvalue weighted by molar-refractivity contribution is 0.285. The van der Waals surface area contributed by atoms with Gasteiger partial charge in [-0.1, -0.05) is 32.4 Å². The van der Waals surface area contributed by atoms with E-state index in [4.69, 9.17) is 0 Å². The van der Waals surface area contributed by atoms with Crippen molar-refractivity contribution in [3.05, 3.63) is 29.8 Å². The smallest absolute Gasteiger partial charge is 0.0387 e. The SMILES string of the molecule is CCCCc1ccc(N2CC(C)(CC)NCC2C)cc1. The minimum atomic E-state index is 0.243. The number of hydrogen-bond acceptors (Lipinski definition) is 2. The van der Waals surface area contributed by atoms with E-state index < -0.39 is 0 Å². The van der Waals surface area contributed by atoms with E-state index >= 15 is 0 Å². The number of piperazine rings is 1. The van der Waals surface area contributed by atoms with Gasteiger partial charge in [-0.05, 0) is 50.8 Å². The maximum absolute atomic E-state index is 3.69. The van der Waals surface area contributed by atoms with E-state index in [1.54, 1.807) is 0 Å².